The van der Waals surface area contributed by atoms with Crippen LogP contribution in [0.4, 0.5) is 0 Å². The van der Waals surface area contributed by atoms with Gasteiger partial charge in [0, 0.05) is 6.04 Å². The van der Waals surface area contributed by atoms with Crippen LogP contribution in [0.5, 0.6) is 0 Å². The zero-order valence-electron chi connectivity index (χ0n) is 12.6. The molecular weight excluding hydrogens is 206 g/mol. The molecule has 0 heterocycles. The maximum absolute atomic E-state index is 3.72. The molecule has 0 aromatic heterocycles. The molecule has 0 aliphatic heterocycles. The average Bonchev–Trinajstić information content (AvgIpc) is 2.35. The van der Waals surface area contributed by atoms with Gasteiger partial charge in [0.05, 0.1) is 0 Å². The molecule has 0 saturated heterocycles. The summed E-state index contributed by atoms with van der Waals surface area (Å²) >= 11 is 0. The fourth-order valence-electron chi connectivity index (χ4n) is 2.33. The van der Waals surface area contributed by atoms with Crippen LogP contribution in [-0.4, -0.2) is 12.6 Å². The fourth-order valence-corrected chi connectivity index (χ4v) is 2.33. The van der Waals surface area contributed by atoms with Gasteiger partial charge in [0.2, 0.25) is 0 Å². The van der Waals surface area contributed by atoms with Gasteiger partial charge in [0.1, 0.15) is 0 Å². The van der Waals surface area contributed by atoms with Crippen LogP contribution in [0.15, 0.2) is 0 Å². The van der Waals surface area contributed by atoms with Crippen LogP contribution in [0, 0.1) is 0 Å². The van der Waals surface area contributed by atoms with Crippen molar-refractivity contribution in [2.75, 3.05) is 6.54 Å². The van der Waals surface area contributed by atoms with Crippen molar-refractivity contribution < 1.29 is 0 Å². The van der Waals surface area contributed by atoms with Gasteiger partial charge < -0.3 is 5.32 Å². The van der Waals surface area contributed by atoms with Crippen LogP contribution in [0.25, 0.3) is 0 Å². The number of hydrogen-bond acceptors (Lipinski definition) is 1. The molecule has 1 heteroatoms. The van der Waals surface area contributed by atoms with E-state index in [1.165, 1.54) is 77.2 Å². The highest BCUT2D eigenvalue weighted by atomic mass is 14.9. The van der Waals surface area contributed by atoms with Gasteiger partial charge in [-0.3, -0.25) is 0 Å². The Morgan fingerprint density at radius 2 is 1.18 bits per heavy atom. The van der Waals surface area contributed by atoms with Gasteiger partial charge in [-0.2, -0.15) is 0 Å². The number of hydrogen-bond donors (Lipinski definition) is 1. The van der Waals surface area contributed by atoms with Crippen molar-refractivity contribution in [1.29, 1.82) is 0 Å². The summed E-state index contributed by atoms with van der Waals surface area (Å²) in [5.41, 5.74) is 0. The predicted molar refractivity (Wildman–Crippen MR) is 79.6 cm³/mol. The van der Waals surface area contributed by atoms with Gasteiger partial charge in [-0.05, 0) is 25.8 Å². The summed E-state index contributed by atoms with van der Waals surface area (Å²) in [6.45, 7) is 8.04. The largest absolute Gasteiger partial charge is 0.314 e. The van der Waals surface area contributed by atoms with E-state index in [4.69, 9.17) is 0 Å². The zero-order chi connectivity index (χ0) is 12.8. The highest BCUT2D eigenvalue weighted by Gasteiger charge is 2.06. The molecule has 17 heavy (non-hydrogen) atoms. The van der Waals surface area contributed by atoms with Crippen molar-refractivity contribution in [1.82, 2.24) is 5.32 Å². The van der Waals surface area contributed by atoms with Crippen LogP contribution in [0.1, 0.15) is 91.4 Å². The molecule has 0 aliphatic rings. The molecule has 1 N–H and O–H groups in total. The maximum atomic E-state index is 3.72. The Balaban J connectivity index is 3.56. The number of rotatable bonds is 13. The quantitative estimate of drug-likeness (QED) is 0.432. The van der Waals surface area contributed by atoms with Crippen LogP contribution >= 0.6 is 0 Å². The molecule has 0 aromatic carbocycles. The lowest BCUT2D eigenvalue weighted by molar-refractivity contribution is 0.415. The third kappa shape index (κ3) is 12.2. The molecule has 0 saturated carbocycles. The second kappa shape index (κ2) is 14.0. The molecule has 1 nitrogen and oxygen atoms in total. The summed E-state index contributed by atoms with van der Waals surface area (Å²) in [4.78, 5) is 0. The molecule has 0 aromatic rings. The molecule has 0 spiro atoms. The molecule has 0 atom stereocenters. The van der Waals surface area contributed by atoms with E-state index in [0.717, 1.165) is 6.04 Å². The van der Waals surface area contributed by atoms with Gasteiger partial charge in [0.15, 0.2) is 0 Å². The van der Waals surface area contributed by atoms with Crippen LogP contribution in [-0.2, 0) is 0 Å². The topological polar surface area (TPSA) is 12.0 Å². The standard InChI is InChI=1S/C16H35N/c1-4-7-9-11-13-16(17-15-6-3)14-12-10-8-5-2/h16-17H,4-15H2,1-3H3. The molecule has 0 rings (SSSR count). The van der Waals surface area contributed by atoms with Crippen molar-refractivity contribution in [3.63, 3.8) is 0 Å². The van der Waals surface area contributed by atoms with Crippen LogP contribution in [0.3, 0.4) is 0 Å². The smallest absolute Gasteiger partial charge is 0.00670 e. The van der Waals surface area contributed by atoms with E-state index in [1.54, 1.807) is 0 Å². The third-order valence-electron chi connectivity index (χ3n) is 3.50. The Bertz CT molecular complexity index is 121. The Hall–Kier alpha value is -0.0400. The second-order valence-electron chi connectivity index (χ2n) is 5.35. The minimum absolute atomic E-state index is 0.795. The van der Waals surface area contributed by atoms with E-state index in [9.17, 15) is 0 Å². The SMILES string of the molecule is CCCCCCC(CCCCCC)NCCC. The summed E-state index contributed by atoms with van der Waals surface area (Å²) < 4.78 is 0. The molecule has 0 fully saturated rings. The molecule has 104 valence electrons. The molecule has 0 amide bonds. The molecular formula is C16H35N. The lowest BCUT2D eigenvalue weighted by atomic mass is 10.0. The average molecular weight is 241 g/mol. The van der Waals surface area contributed by atoms with Crippen molar-refractivity contribution in [3.8, 4) is 0 Å². The first-order valence-corrected chi connectivity index (χ1v) is 8.08. The van der Waals surface area contributed by atoms with E-state index in [0.29, 0.717) is 0 Å². The van der Waals surface area contributed by atoms with Gasteiger partial charge in [-0.15, -0.1) is 0 Å². The highest BCUT2D eigenvalue weighted by molar-refractivity contribution is 4.67. The third-order valence-corrected chi connectivity index (χ3v) is 3.50. The van der Waals surface area contributed by atoms with Gasteiger partial charge in [0.25, 0.3) is 0 Å². The molecule has 0 unspecified atom stereocenters. The van der Waals surface area contributed by atoms with Crippen molar-refractivity contribution in [2.24, 2.45) is 0 Å². The minimum atomic E-state index is 0.795. The normalized spacial score (nSPS) is 11.3. The monoisotopic (exact) mass is 241 g/mol. The minimum Gasteiger partial charge on any atom is -0.314 e. The van der Waals surface area contributed by atoms with E-state index < -0.39 is 0 Å². The lowest BCUT2D eigenvalue weighted by Gasteiger charge is -2.18. The zero-order valence-corrected chi connectivity index (χ0v) is 12.6. The fraction of sp³-hybridized carbons (Fsp3) is 1.00. The predicted octanol–water partition coefficient (Wildman–Crippen LogP) is 5.30. The van der Waals surface area contributed by atoms with Crippen molar-refractivity contribution >= 4 is 0 Å². The van der Waals surface area contributed by atoms with Crippen molar-refractivity contribution in [3.05, 3.63) is 0 Å². The van der Waals surface area contributed by atoms with Crippen LogP contribution < -0.4 is 5.32 Å². The lowest BCUT2D eigenvalue weighted by Crippen LogP contribution is -2.29. The summed E-state index contributed by atoms with van der Waals surface area (Å²) in [5, 5.41) is 3.72. The summed E-state index contributed by atoms with van der Waals surface area (Å²) in [7, 11) is 0. The molecule has 0 aliphatic carbocycles. The second-order valence-corrected chi connectivity index (χ2v) is 5.35. The van der Waals surface area contributed by atoms with E-state index in [-0.39, 0.29) is 0 Å². The Kier molecular flexibility index (Phi) is 14.0. The first-order valence-electron chi connectivity index (χ1n) is 8.08. The van der Waals surface area contributed by atoms with E-state index in [2.05, 4.69) is 26.1 Å². The maximum Gasteiger partial charge on any atom is 0.00670 e. The van der Waals surface area contributed by atoms with Crippen molar-refractivity contribution in [2.45, 2.75) is 97.4 Å². The molecule has 0 bridgehead atoms. The first kappa shape index (κ1) is 17.0. The first-order chi connectivity index (χ1) is 8.35. The van der Waals surface area contributed by atoms with Gasteiger partial charge in [-0.25, -0.2) is 0 Å². The Labute approximate surface area is 110 Å². The summed E-state index contributed by atoms with van der Waals surface area (Å²) in [6.07, 6.45) is 15.3. The highest BCUT2D eigenvalue weighted by Crippen LogP contribution is 2.12. The number of nitrogens with one attached hydrogen (secondary N) is 1. The van der Waals surface area contributed by atoms with Crippen LogP contribution in [0.2, 0.25) is 0 Å². The number of unbranched alkanes of at least 4 members (excludes halogenated alkanes) is 6. The summed E-state index contributed by atoms with van der Waals surface area (Å²) in [5.74, 6) is 0. The Morgan fingerprint density at radius 3 is 1.59 bits per heavy atom. The molecule has 0 radical (unpaired) electrons. The van der Waals surface area contributed by atoms with Gasteiger partial charge >= 0.3 is 0 Å². The Morgan fingerprint density at radius 1 is 0.647 bits per heavy atom. The van der Waals surface area contributed by atoms with Gasteiger partial charge in [-0.1, -0.05) is 72.1 Å². The summed E-state index contributed by atoms with van der Waals surface area (Å²) in [6, 6.07) is 0.795. The van der Waals surface area contributed by atoms with E-state index >= 15 is 0 Å². The van der Waals surface area contributed by atoms with E-state index in [1.807, 2.05) is 0 Å².